The van der Waals surface area contributed by atoms with Crippen LogP contribution in [-0.2, 0) is 32.7 Å². The first-order valence-electron chi connectivity index (χ1n) is 21.3. The van der Waals surface area contributed by atoms with Crippen molar-refractivity contribution in [1.82, 2.24) is 5.32 Å². The van der Waals surface area contributed by atoms with Gasteiger partial charge in [-0.25, -0.2) is 9.36 Å². The van der Waals surface area contributed by atoms with Crippen molar-refractivity contribution in [2.45, 2.75) is 180 Å². The number of aliphatic carboxylic acids is 1. The van der Waals surface area contributed by atoms with Crippen LogP contribution in [0.5, 0.6) is 0 Å². The van der Waals surface area contributed by atoms with Crippen molar-refractivity contribution in [3.63, 3.8) is 0 Å². The maximum atomic E-state index is 12.3. The highest BCUT2D eigenvalue weighted by molar-refractivity contribution is 7.47. The van der Waals surface area contributed by atoms with E-state index in [1.165, 1.54) is 32.1 Å². The number of nitrogens with one attached hydrogen (secondary N) is 1. The van der Waals surface area contributed by atoms with E-state index in [2.05, 4.69) is 79.9 Å². The summed E-state index contributed by atoms with van der Waals surface area (Å²) in [5, 5.41) is 21.8. The number of aliphatic hydroxyl groups is 1. The van der Waals surface area contributed by atoms with Gasteiger partial charge in [0.1, 0.15) is 12.7 Å². The van der Waals surface area contributed by atoms with Crippen molar-refractivity contribution in [2.75, 3.05) is 19.8 Å². The second-order valence-corrected chi connectivity index (χ2v) is 15.6. The minimum absolute atomic E-state index is 0.130. The molecule has 0 aromatic rings. The van der Waals surface area contributed by atoms with Crippen LogP contribution >= 0.6 is 7.82 Å². The smallest absolute Gasteiger partial charge is 0.472 e. The summed E-state index contributed by atoms with van der Waals surface area (Å²) in [6.07, 6.45) is 44.0. The third kappa shape index (κ3) is 38.1. The molecule has 1 amide bonds. The van der Waals surface area contributed by atoms with Gasteiger partial charge in [0.15, 0.2) is 6.04 Å². The zero-order valence-corrected chi connectivity index (χ0v) is 35.6. The molecule has 0 rings (SSSR count). The number of allylic oxidation sites excluding steroid dienone is 10. The number of carboxylic acids is 1. The highest BCUT2D eigenvalue weighted by Crippen LogP contribution is 2.43. The molecule has 0 bridgehead atoms. The molecule has 56 heavy (non-hydrogen) atoms. The van der Waals surface area contributed by atoms with E-state index in [4.69, 9.17) is 13.8 Å². The average Bonchev–Trinajstić information content (AvgIpc) is 3.17. The second-order valence-electron chi connectivity index (χ2n) is 14.2. The Morgan fingerprint density at radius 2 is 1.04 bits per heavy atom. The lowest BCUT2D eigenvalue weighted by Crippen LogP contribution is -2.43. The predicted molar refractivity (Wildman–Crippen MR) is 226 cm³/mol. The predicted octanol–water partition coefficient (Wildman–Crippen LogP) is 10.8. The van der Waals surface area contributed by atoms with Gasteiger partial charge < -0.3 is 25.2 Å². The van der Waals surface area contributed by atoms with Crippen molar-refractivity contribution < 1.29 is 47.8 Å². The van der Waals surface area contributed by atoms with Crippen LogP contribution in [0.2, 0.25) is 0 Å². The number of hydrogen-bond donors (Lipinski definition) is 4. The van der Waals surface area contributed by atoms with Crippen molar-refractivity contribution in [3.8, 4) is 0 Å². The first-order chi connectivity index (χ1) is 27.1. The Morgan fingerprint density at radius 1 is 0.589 bits per heavy atom. The summed E-state index contributed by atoms with van der Waals surface area (Å²) in [7, 11) is -4.76. The molecule has 0 radical (unpaired) electrons. The summed E-state index contributed by atoms with van der Waals surface area (Å²) < 4.78 is 26.7. The first kappa shape index (κ1) is 53.2. The third-order valence-corrected chi connectivity index (χ3v) is 9.77. The van der Waals surface area contributed by atoms with E-state index in [0.29, 0.717) is 12.8 Å². The van der Waals surface area contributed by atoms with E-state index in [-0.39, 0.29) is 12.8 Å². The van der Waals surface area contributed by atoms with Crippen LogP contribution in [0.15, 0.2) is 60.8 Å². The number of phosphoric ester groups is 1. The summed E-state index contributed by atoms with van der Waals surface area (Å²) in [5.41, 5.74) is 0. The molecule has 4 N–H and O–H groups in total. The van der Waals surface area contributed by atoms with Crippen molar-refractivity contribution in [1.29, 1.82) is 0 Å². The Bertz CT molecular complexity index is 1180. The molecular weight excluding hydrogens is 733 g/mol. The maximum Gasteiger partial charge on any atom is 0.472 e. The number of carboxylic acid groups (broad SMARTS) is 1. The number of amides is 1. The molecule has 0 heterocycles. The van der Waals surface area contributed by atoms with Gasteiger partial charge in [0, 0.05) is 12.8 Å². The highest BCUT2D eigenvalue weighted by atomic mass is 31.2. The molecule has 0 aliphatic heterocycles. The summed E-state index contributed by atoms with van der Waals surface area (Å²) in [4.78, 5) is 45.8. The van der Waals surface area contributed by atoms with Crippen molar-refractivity contribution in [2.24, 2.45) is 0 Å². The number of phosphoric acid groups is 1. The summed E-state index contributed by atoms with van der Waals surface area (Å²) in [5.74, 6) is -2.40. The van der Waals surface area contributed by atoms with Gasteiger partial charge in [-0.2, -0.15) is 0 Å². The lowest BCUT2D eigenvalue weighted by molar-refractivity contribution is -0.147. The lowest BCUT2D eigenvalue weighted by atomic mass is 10.1. The molecule has 12 heteroatoms. The van der Waals surface area contributed by atoms with E-state index >= 15 is 0 Å². The van der Waals surface area contributed by atoms with Gasteiger partial charge in [0.25, 0.3) is 0 Å². The number of carbonyl (C=O) groups is 3. The van der Waals surface area contributed by atoms with E-state index < -0.39 is 57.6 Å². The first-order valence-corrected chi connectivity index (χ1v) is 22.8. The lowest BCUT2D eigenvalue weighted by Gasteiger charge is -2.18. The Kier molecular flexibility index (Phi) is 37.1. The van der Waals surface area contributed by atoms with Gasteiger partial charge in [-0.15, -0.1) is 0 Å². The van der Waals surface area contributed by atoms with Gasteiger partial charge in [-0.05, 0) is 57.8 Å². The molecule has 3 unspecified atom stereocenters. The SMILES string of the molecule is CC/C=C\C/C=C\C/C=C\C/C=C\C/C=C\CCCCCCCCCC(=O)NC(COP(=O)(O)OCC(O)COC(=O)CCCCCCCCCCC)C(=O)O. The summed E-state index contributed by atoms with van der Waals surface area (Å²) in [6.45, 7) is 2.43. The van der Waals surface area contributed by atoms with Gasteiger partial charge >= 0.3 is 19.8 Å². The van der Waals surface area contributed by atoms with E-state index in [1.807, 2.05) is 0 Å². The molecule has 322 valence electrons. The number of ether oxygens (including phenoxy) is 1. The van der Waals surface area contributed by atoms with Crippen LogP contribution < -0.4 is 5.32 Å². The fourth-order valence-electron chi connectivity index (χ4n) is 5.52. The average molecular weight is 810 g/mol. The van der Waals surface area contributed by atoms with Crippen molar-refractivity contribution in [3.05, 3.63) is 60.8 Å². The normalized spacial score (nSPS) is 14.4. The van der Waals surface area contributed by atoms with Crippen LogP contribution in [0.3, 0.4) is 0 Å². The molecule has 0 aliphatic carbocycles. The van der Waals surface area contributed by atoms with Crippen LogP contribution in [-0.4, -0.2) is 64.9 Å². The summed E-state index contributed by atoms with van der Waals surface area (Å²) >= 11 is 0. The van der Waals surface area contributed by atoms with Crippen LogP contribution in [0, 0.1) is 0 Å². The van der Waals surface area contributed by atoms with Gasteiger partial charge in [-0.1, -0.05) is 158 Å². The Labute approximate surface area is 338 Å². The van der Waals surface area contributed by atoms with Gasteiger partial charge in [0.2, 0.25) is 5.91 Å². The molecule has 0 aromatic carbocycles. The van der Waals surface area contributed by atoms with Crippen LogP contribution in [0.1, 0.15) is 168 Å². The molecule has 11 nitrogen and oxygen atoms in total. The maximum absolute atomic E-state index is 12.3. The van der Waals surface area contributed by atoms with E-state index in [0.717, 1.165) is 96.3 Å². The number of unbranched alkanes of at least 4 members (excludes halogenated alkanes) is 15. The van der Waals surface area contributed by atoms with Gasteiger partial charge in [-0.3, -0.25) is 18.6 Å². The number of hydrogen-bond acceptors (Lipinski definition) is 8. The highest BCUT2D eigenvalue weighted by Gasteiger charge is 2.28. The van der Waals surface area contributed by atoms with Gasteiger partial charge in [0.05, 0.1) is 13.2 Å². The molecule has 0 fully saturated rings. The Balaban J connectivity index is 3.93. The fourth-order valence-corrected chi connectivity index (χ4v) is 6.29. The topological polar surface area (TPSA) is 169 Å². The van der Waals surface area contributed by atoms with Crippen LogP contribution in [0.4, 0.5) is 0 Å². The van der Waals surface area contributed by atoms with Crippen molar-refractivity contribution >= 4 is 25.7 Å². The number of esters is 1. The Hall–Kier alpha value is -2.82. The number of rotatable bonds is 39. The molecule has 0 spiro atoms. The molecule has 0 saturated carbocycles. The molecular formula is C44H76NO10P. The van der Waals surface area contributed by atoms with E-state index in [1.54, 1.807) is 0 Å². The minimum atomic E-state index is -4.76. The number of aliphatic hydroxyl groups excluding tert-OH is 1. The zero-order chi connectivity index (χ0) is 41.4. The monoisotopic (exact) mass is 810 g/mol. The standard InChI is InChI=1S/C44H76NO10P/c1-3-5-7-9-11-13-14-15-16-17-18-19-20-21-22-23-24-25-26-28-29-31-33-35-42(47)45-41(44(49)50)39-55-56(51,52)54-38-40(46)37-53-43(48)36-34-32-30-27-12-10-8-6-4-2/h5,7,11,13,15-16,18-19,21-22,40-41,46H,3-4,6,8-10,12,14,17,20,23-39H2,1-2H3,(H,45,47)(H,49,50)(H,51,52)/b7-5-,13-11-,16-15-,19-18-,22-21-. The third-order valence-electron chi connectivity index (χ3n) is 8.82. The quantitative estimate of drug-likeness (QED) is 0.0203. The van der Waals surface area contributed by atoms with Crippen LogP contribution in [0.25, 0.3) is 0 Å². The molecule has 0 aliphatic rings. The summed E-state index contributed by atoms with van der Waals surface area (Å²) in [6, 6.07) is -1.55. The second kappa shape index (κ2) is 39.0. The molecule has 3 atom stereocenters. The molecule has 0 saturated heterocycles. The zero-order valence-electron chi connectivity index (χ0n) is 34.7. The number of carbonyl (C=O) groups excluding carboxylic acids is 2. The fraction of sp³-hybridized carbons (Fsp3) is 0.705. The Morgan fingerprint density at radius 3 is 1.55 bits per heavy atom. The minimum Gasteiger partial charge on any atom is -0.480 e. The van der Waals surface area contributed by atoms with E-state index in [9.17, 15) is 34.1 Å². The largest absolute Gasteiger partial charge is 0.480 e. The molecule has 0 aromatic heterocycles.